The Morgan fingerprint density at radius 1 is 1.67 bits per heavy atom. The highest BCUT2D eigenvalue weighted by molar-refractivity contribution is 5.77. The molecule has 8 nitrogen and oxygen atoms in total. The van der Waals surface area contributed by atoms with E-state index in [4.69, 9.17) is 5.11 Å². The molecule has 0 saturated carbocycles. The van der Waals surface area contributed by atoms with Crippen molar-refractivity contribution in [2.45, 2.75) is 26.3 Å². The van der Waals surface area contributed by atoms with Crippen LogP contribution in [0.4, 0.5) is 11.6 Å². The number of carbonyl (C=O) groups is 1. The molecule has 0 fully saturated rings. The van der Waals surface area contributed by atoms with Crippen LogP contribution >= 0.6 is 0 Å². The molecule has 0 unspecified atom stereocenters. The Bertz CT molecular complexity index is 455. The zero-order valence-electron chi connectivity index (χ0n) is 10.5. The number of aryl methyl sites for hydroxylation is 1. The van der Waals surface area contributed by atoms with Gasteiger partial charge in [0, 0.05) is 7.05 Å². The fourth-order valence-electron chi connectivity index (χ4n) is 1.58. The van der Waals surface area contributed by atoms with Gasteiger partial charge in [0.2, 0.25) is 12.1 Å². The number of hydrogen-bond acceptors (Lipinski definition) is 5. The molecule has 1 atom stereocenters. The first-order chi connectivity index (χ1) is 8.32. The highest BCUT2D eigenvalue weighted by Gasteiger charge is 2.26. The molecule has 0 saturated heterocycles. The number of nitro groups is 1. The average molecular weight is 256 g/mol. The minimum absolute atomic E-state index is 0.105. The molecule has 1 aromatic heterocycles. The van der Waals surface area contributed by atoms with Gasteiger partial charge >= 0.3 is 11.8 Å². The number of carboxylic acids is 1. The van der Waals surface area contributed by atoms with Crippen LogP contribution in [0.5, 0.6) is 0 Å². The molecular weight excluding hydrogens is 240 g/mol. The van der Waals surface area contributed by atoms with Gasteiger partial charge in [0.1, 0.15) is 6.04 Å². The zero-order chi connectivity index (χ0) is 13.9. The van der Waals surface area contributed by atoms with E-state index in [0.29, 0.717) is 6.42 Å². The maximum absolute atomic E-state index is 11.1. The summed E-state index contributed by atoms with van der Waals surface area (Å²) in [5, 5.41) is 22.5. The molecule has 1 heterocycles. The molecule has 1 rings (SSSR count). The zero-order valence-corrected chi connectivity index (χ0v) is 10.5. The van der Waals surface area contributed by atoms with Crippen LogP contribution in [0.15, 0.2) is 6.33 Å². The molecule has 0 aliphatic heterocycles. The Kier molecular flexibility index (Phi) is 4.24. The van der Waals surface area contributed by atoms with Gasteiger partial charge in [0.15, 0.2) is 0 Å². The number of aromatic nitrogens is 2. The first-order valence-electron chi connectivity index (χ1n) is 5.48. The van der Waals surface area contributed by atoms with E-state index in [1.807, 2.05) is 13.8 Å². The smallest absolute Gasteiger partial charge is 0.406 e. The van der Waals surface area contributed by atoms with Gasteiger partial charge in [-0.15, -0.1) is 0 Å². The topological polar surface area (TPSA) is 110 Å². The van der Waals surface area contributed by atoms with E-state index >= 15 is 0 Å². The van der Waals surface area contributed by atoms with Crippen molar-refractivity contribution in [3.8, 4) is 0 Å². The van der Waals surface area contributed by atoms with Gasteiger partial charge in [-0.2, -0.15) is 0 Å². The third-order valence-corrected chi connectivity index (χ3v) is 2.41. The van der Waals surface area contributed by atoms with E-state index in [2.05, 4.69) is 10.3 Å². The minimum Gasteiger partial charge on any atom is -0.480 e. The van der Waals surface area contributed by atoms with Crippen LogP contribution in [-0.4, -0.2) is 31.6 Å². The minimum atomic E-state index is -1.04. The Labute approximate surface area is 104 Å². The SMILES string of the molecule is CC(C)C[C@H](Nc1c([N+](=O)[O-])ncn1C)C(=O)O. The van der Waals surface area contributed by atoms with Gasteiger partial charge in [0.05, 0.1) is 0 Å². The molecule has 2 N–H and O–H groups in total. The Morgan fingerprint density at radius 2 is 2.28 bits per heavy atom. The number of nitrogens with zero attached hydrogens (tertiary/aromatic N) is 3. The van der Waals surface area contributed by atoms with Crippen molar-refractivity contribution >= 4 is 17.6 Å². The molecule has 18 heavy (non-hydrogen) atoms. The summed E-state index contributed by atoms with van der Waals surface area (Å²) in [6.07, 6.45) is 1.65. The van der Waals surface area contributed by atoms with Crippen molar-refractivity contribution in [2.75, 3.05) is 5.32 Å². The molecule has 0 radical (unpaired) electrons. The lowest BCUT2D eigenvalue weighted by atomic mass is 10.0. The standard InChI is InChI=1S/C10H16N4O4/c1-6(2)4-7(10(15)16)12-9-8(14(17)18)11-5-13(9)3/h5-7,12H,4H2,1-3H3,(H,15,16)/t7-/m0/s1. The first kappa shape index (κ1) is 13.9. The highest BCUT2D eigenvalue weighted by atomic mass is 16.6. The van der Waals surface area contributed by atoms with Crippen molar-refractivity contribution in [3.63, 3.8) is 0 Å². The fourth-order valence-corrected chi connectivity index (χ4v) is 1.58. The summed E-state index contributed by atoms with van der Waals surface area (Å²) in [5.41, 5.74) is 0. The van der Waals surface area contributed by atoms with Crippen LogP contribution < -0.4 is 5.32 Å². The van der Waals surface area contributed by atoms with Crippen LogP contribution in [0, 0.1) is 16.0 Å². The van der Waals surface area contributed by atoms with E-state index in [0.717, 1.165) is 0 Å². The molecular formula is C10H16N4O4. The van der Waals surface area contributed by atoms with Gasteiger partial charge in [-0.3, -0.25) is 4.57 Å². The fraction of sp³-hybridized carbons (Fsp3) is 0.600. The summed E-state index contributed by atoms with van der Waals surface area (Å²) in [5.74, 6) is -1.15. The van der Waals surface area contributed by atoms with Crippen LogP contribution in [0.3, 0.4) is 0 Å². The maximum Gasteiger partial charge on any atom is 0.406 e. The first-order valence-corrected chi connectivity index (χ1v) is 5.48. The lowest BCUT2D eigenvalue weighted by Gasteiger charge is -2.17. The van der Waals surface area contributed by atoms with Crippen molar-refractivity contribution in [1.82, 2.24) is 9.55 Å². The maximum atomic E-state index is 11.1. The van der Waals surface area contributed by atoms with E-state index in [1.54, 1.807) is 7.05 Å². The molecule has 0 aromatic carbocycles. The summed E-state index contributed by atoms with van der Waals surface area (Å²) >= 11 is 0. The molecule has 0 spiro atoms. The third-order valence-electron chi connectivity index (χ3n) is 2.41. The van der Waals surface area contributed by atoms with Crippen molar-refractivity contribution < 1.29 is 14.8 Å². The monoisotopic (exact) mass is 256 g/mol. The average Bonchev–Trinajstić information content (AvgIpc) is 2.58. The van der Waals surface area contributed by atoms with Crippen LogP contribution in [0.2, 0.25) is 0 Å². The molecule has 0 bridgehead atoms. The number of aliphatic carboxylic acids is 1. The Hall–Kier alpha value is -2.12. The quantitative estimate of drug-likeness (QED) is 0.585. The van der Waals surface area contributed by atoms with Crippen LogP contribution in [0.1, 0.15) is 20.3 Å². The molecule has 8 heteroatoms. The number of rotatable bonds is 6. The second-order valence-electron chi connectivity index (χ2n) is 4.45. The van der Waals surface area contributed by atoms with Gasteiger partial charge in [0.25, 0.3) is 0 Å². The van der Waals surface area contributed by atoms with Gasteiger partial charge in [-0.05, 0) is 22.2 Å². The summed E-state index contributed by atoms with van der Waals surface area (Å²) in [4.78, 5) is 24.8. The van der Waals surface area contributed by atoms with Crippen molar-refractivity contribution in [1.29, 1.82) is 0 Å². The predicted molar refractivity (Wildman–Crippen MR) is 64.4 cm³/mol. The van der Waals surface area contributed by atoms with Crippen molar-refractivity contribution in [2.24, 2.45) is 13.0 Å². The number of imidazole rings is 1. The van der Waals surface area contributed by atoms with E-state index < -0.39 is 16.9 Å². The lowest BCUT2D eigenvalue weighted by Crippen LogP contribution is -2.31. The number of anilines is 1. The lowest BCUT2D eigenvalue weighted by molar-refractivity contribution is -0.388. The second kappa shape index (κ2) is 5.48. The van der Waals surface area contributed by atoms with Gasteiger partial charge in [-0.25, -0.2) is 4.79 Å². The second-order valence-corrected chi connectivity index (χ2v) is 4.45. The summed E-state index contributed by atoms with van der Waals surface area (Å²) in [6.45, 7) is 3.77. The third kappa shape index (κ3) is 3.19. The van der Waals surface area contributed by atoms with Gasteiger partial charge in [-0.1, -0.05) is 13.8 Å². The Balaban J connectivity index is 2.96. The van der Waals surface area contributed by atoms with E-state index in [1.165, 1.54) is 10.9 Å². The molecule has 100 valence electrons. The summed E-state index contributed by atoms with van der Waals surface area (Å²) in [7, 11) is 1.57. The van der Waals surface area contributed by atoms with E-state index in [-0.39, 0.29) is 17.6 Å². The van der Waals surface area contributed by atoms with E-state index in [9.17, 15) is 14.9 Å². The molecule has 0 aliphatic carbocycles. The Morgan fingerprint density at radius 3 is 2.72 bits per heavy atom. The summed E-state index contributed by atoms with van der Waals surface area (Å²) in [6, 6.07) is -0.876. The molecule has 1 aromatic rings. The van der Waals surface area contributed by atoms with Crippen LogP contribution in [-0.2, 0) is 11.8 Å². The molecule has 0 amide bonds. The normalized spacial score (nSPS) is 12.4. The highest BCUT2D eigenvalue weighted by Crippen LogP contribution is 2.23. The number of hydrogen-bond donors (Lipinski definition) is 2. The summed E-state index contributed by atoms with van der Waals surface area (Å²) < 4.78 is 1.40. The molecule has 0 aliphatic rings. The van der Waals surface area contributed by atoms with Crippen molar-refractivity contribution in [3.05, 3.63) is 16.4 Å². The van der Waals surface area contributed by atoms with Gasteiger partial charge < -0.3 is 20.5 Å². The number of carboxylic acid groups (broad SMARTS) is 1. The van der Waals surface area contributed by atoms with Crippen LogP contribution in [0.25, 0.3) is 0 Å². The largest absolute Gasteiger partial charge is 0.480 e. The predicted octanol–water partition coefficient (Wildman–Crippen LogP) is 1.24. The number of nitrogens with one attached hydrogen (secondary N) is 1.